The topological polar surface area (TPSA) is 63.3 Å². The van der Waals surface area contributed by atoms with Crippen LogP contribution >= 0.6 is 11.3 Å². The molecule has 0 bridgehead atoms. The zero-order valence-electron chi connectivity index (χ0n) is 49.0. The molecule has 82 heavy (non-hydrogen) atoms. The molecule has 6 nitrogen and oxygen atoms in total. The molecule has 1 aliphatic heterocycles. The van der Waals surface area contributed by atoms with Gasteiger partial charge in [0.15, 0.2) is 0 Å². The number of fused-ring (bicyclic) bond motifs is 3. The van der Waals surface area contributed by atoms with Gasteiger partial charge in [-0.15, -0.1) is 11.3 Å². The highest BCUT2D eigenvalue weighted by molar-refractivity contribution is 7.19. The summed E-state index contributed by atoms with van der Waals surface area (Å²) in [7, 11) is 0. The fourth-order valence-corrected chi connectivity index (χ4v) is 14.5. The van der Waals surface area contributed by atoms with Gasteiger partial charge in [0.05, 0.1) is 39.1 Å². The van der Waals surface area contributed by atoms with E-state index in [2.05, 4.69) is 259 Å². The van der Waals surface area contributed by atoms with Crippen molar-refractivity contribution in [2.75, 3.05) is 0 Å². The van der Waals surface area contributed by atoms with E-state index in [0.29, 0.717) is 28.6 Å². The van der Waals surface area contributed by atoms with Gasteiger partial charge in [0, 0.05) is 45.4 Å². The highest BCUT2D eigenvalue weighted by Crippen LogP contribution is 2.44. The van der Waals surface area contributed by atoms with Crippen molar-refractivity contribution < 1.29 is 0 Å². The number of benzene rings is 7. The third-order valence-corrected chi connectivity index (χ3v) is 17.6. The van der Waals surface area contributed by atoms with Gasteiger partial charge >= 0.3 is 13.7 Å². The Balaban J connectivity index is 1.50. The van der Waals surface area contributed by atoms with Crippen molar-refractivity contribution in [1.29, 1.82) is 5.26 Å². The van der Waals surface area contributed by atoms with Crippen LogP contribution in [0.2, 0.25) is 0 Å². The van der Waals surface area contributed by atoms with Crippen molar-refractivity contribution in [2.45, 2.75) is 100 Å². The van der Waals surface area contributed by atoms with Crippen LogP contribution in [-0.2, 0) is 6.42 Å². The van der Waals surface area contributed by atoms with Crippen LogP contribution in [0.4, 0.5) is 5.69 Å². The van der Waals surface area contributed by atoms with E-state index in [1.807, 2.05) is 12.1 Å². The first-order valence-electron chi connectivity index (χ1n) is 29.2. The maximum atomic E-state index is 12.5. The second-order valence-electron chi connectivity index (χ2n) is 25.3. The number of aromatic nitrogens is 3. The highest BCUT2D eigenvalue weighted by atomic mass is 32.1. The van der Waals surface area contributed by atoms with E-state index >= 15 is 0 Å². The SMILES string of the molecule is [C-]#[N+]/C(c1nc2ccccc2s1)=c1\c2c(C(CCC(C)CC(C)(C)C)C(C)CC(C)(C)C)n(B(c3ccccc3)c3ccccc3)/c(=C(/C#N)C3=Nc4ccccc4C3)c2c(-c2ccccc2C)n1B(c1ccccc1)c1ccccc1. The molecule has 3 unspecified atom stereocenters. The molecule has 11 rings (SSSR count). The van der Waals surface area contributed by atoms with Crippen molar-refractivity contribution >= 4 is 90.5 Å². The first kappa shape index (κ1) is 55.7. The summed E-state index contributed by atoms with van der Waals surface area (Å²) in [6.45, 7) is 30.3. The van der Waals surface area contributed by atoms with E-state index in [1.165, 1.54) is 0 Å². The molecular weight excluding hydrogens is 1010 g/mol. The van der Waals surface area contributed by atoms with Gasteiger partial charge in [-0.25, -0.2) is 9.83 Å². The standard InChI is InChI=1S/C73H72B2N6S/c1-49(46-72(4,5)6)43-44-58(51(3)47-73(7,8)9)68-65-64(69(59(48-76)62-45-52-30-24-26-40-60(52)78-62)80(68)74(53-31-15-11-16-32-53)54-33-17-12-18-34-54)67(57-39-25-23-29-50(57)2)81(75(55-35-19-13-20-36-55)56-37-21-14-22-38-56)70(65)66(77-10)71-79-61-41-27-28-42-63(61)82-71/h11-42,49,51,58H,43-47H2,1-9H3/b69-59-,70-66+. The van der Waals surface area contributed by atoms with E-state index in [-0.39, 0.29) is 22.7 Å². The maximum Gasteiger partial charge on any atom is 0.327 e. The molecule has 406 valence electrons. The Morgan fingerprint density at radius 3 is 1.70 bits per heavy atom. The summed E-state index contributed by atoms with van der Waals surface area (Å²) < 4.78 is 6.15. The number of thiazole rings is 1. The predicted octanol–water partition coefficient (Wildman–Crippen LogP) is 14.4. The molecular formula is C73H72B2N6S. The van der Waals surface area contributed by atoms with Gasteiger partial charge in [-0.3, -0.25) is 4.99 Å². The van der Waals surface area contributed by atoms with Crippen molar-refractivity contribution in [1.82, 2.24) is 13.9 Å². The van der Waals surface area contributed by atoms with Crippen LogP contribution in [0, 0.1) is 47.5 Å². The minimum atomic E-state index is -0.436. The van der Waals surface area contributed by atoms with Gasteiger partial charge in [-0.1, -0.05) is 260 Å². The number of hydrogen-bond donors (Lipinski definition) is 0. The van der Waals surface area contributed by atoms with Crippen molar-refractivity contribution in [3.05, 3.63) is 238 Å². The second kappa shape index (κ2) is 23.3. The van der Waals surface area contributed by atoms with Crippen LogP contribution in [0.3, 0.4) is 0 Å². The fourth-order valence-electron chi connectivity index (χ4n) is 13.5. The molecule has 4 heterocycles. The summed E-state index contributed by atoms with van der Waals surface area (Å²) in [6.07, 6.45) is 4.41. The minimum absolute atomic E-state index is 0.0256. The van der Waals surface area contributed by atoms with Crippen LogP contribution in [-0.4, -0.2) is 33.3 Å². The van der Waals surface area contributed by atoms with Crippen molar-refractivity contribution in [2.24, 2.45) is 27.7 Å². The molecule has 0 amide bonds. The molecule has 10 aromatic rings. The molecule has 0 saturated carbocycles. The third kappa shape index (κ3) is 11.1. The summed E-state index contributed by atoms with van der Waals surface area (Å²) in [5.74, 6) is 0.506. The van der Waals surface area contributed by atoms with Crippen LogP contribution in [0.15, 0.2) is 199 Å². The van der Waals surface area contributed by atoms with Crippen molar-refractivity contribution in [3.8, 4) is 17.3 Å². The Kier molecular flexibility index (Phi) is 15.8. The summed E-state index contributed by atoms with van der Waals surface area (Å²) in [5, 5.41) is 16.8. The number of aliphatic imine (C=N–C) groups is 1. The maximum absolute atomic E-state index is 12.5. The van der Waals surface area contributed by atoms with Gasteiger partial charge in [-0.05, 0) is 78.2 Å². The summed E-state index contributed by atoms with van der Waals surface area (Å²) >= 11 is 1.58. The first-order valence-corrected chi connectivity index (χ1v) is 30.1. The van der Waals surface area contributed by atoms with E-state index in [0.717, 1.165) is 119 Å². The Morgan fingerprint density at radius 1 is 0.634 bits per heavy atom. The van der Waals surface area contributed by atoms with Gasteiger partial charge in [0.1, 0.15) is 11.1 Å². The van der Waals surface area contributed by atoms with Gasteiger partial charge in [0.25, 0.3) is 0 Å². The van der Waals surface area contributed by atoms with Gasteiger partial charge < -0.3 is 8.96 Å². The second-order valence-corrected chi connectivity index (χ2v) is 26.3. The first-order chi connectivity index (χ1) is 39.6. The van der Waals surface area contributed by atoms with Crippen LogP contribution in [0.25, 0.3) is 48.4 Å². The highest BCUT2D eigenvalue weighted by Gasteiger charge is 2.41. The molecule has 0 radical (unpaired) electrons. The normalized spacial score (nSPS) is 14.4. The minimum Gasteiger partial charge on any atom is -0.384 e. The number of nitrogens with zero attached hydrogens (tertiary/aromatic N) is 6. The molecule has 3 aromatic heterocycles. The fraction of sp³-hybridized carbons (Fsp3) is 0.260. The number of para-hydroxylation sites is 2. The van der Waals surface area contributed by atoms with Crippen LogP contribution in [0.5, 0.6) is 0 Å². The molecule has 0 fully saturated rings. The van der Waals surface area contributed by atoms with E-state index < -0.39 is 13.7 Å². The van der Waals surface area contributed by atoms with Crippen LogP contribution in [0.1, 0.15) is 109 Å². The lowest BCUT2D eigenvalue weighted by molar-refractivity contribution is 0.246. The van der Waals surface area contributed by atoms with Crippen molar-refractivity contribution in [3.63, 3.8) is 0 Å². The number of nitriles is 1. The average molecular weight is 1090 g/mol. The summed E-state index contributed by atoms with van der Waals surface area (Å²) in [5.41, 5.74) is 13.3. The smallest absolute Gasteiger partial charge is 0.327 e. The Hall–Kier alpha value is -8.23. The molecule has 3 atom stereocenters. The lowest BCUT2D eigenvalue weighted by Crippen LogP contribution is -2.55. The average Bonchev–Trinajstić information content (AvgIpc) is 1.63. The summed E-state index contributed by atoms with van der Waals surface area (Å²) in [4.78, 5) is 15.7. The zero-order valence-corrected chi connectivity index (χ0v) is 49.8. The van der Waals surface area contributed by atoms with E-state index in [9.17, 15) is 11.8 Å². The molecule has 0 saturated heterocycles. The quantitative estimate of drug-likeness (QED) is 0.0715. The molecule has 1 aliphatic rings. The van der Waals surface area contributed by atoms with E-state index in [4.69, 9.17) is 14.8 Å². The molecule has 9 heteroatoms. The van der Waals surface area contributed by atoms with Gasteiger partial charge in [0.2, 0.25) is 5.70 Å². The molecule has 0 aliphatic carbocycles. The third-order valence-electron chi connectivity index (χ3n) is 16.6. The Bertz CT molecular complexity index is 4070. The number of aryl methyl sites for hydroxylation is 1. The molecule has 0 N–H and O–H groups in total. The van der Waals surface area contributed by atoms with Crippen LogP contribution < -0.4 is 32.5 Å². The van der Waals surface area contributed by atoms with E-state index in [1.54, 1.807) is 11.3 Å². The monoisotopic (exact) mass is 1090 g/mol. The largest absolute Gasteiger partial charge is 0.384 e. The molecule has 0 spiro atoms. The number of rotatable bonds is 16. The Morgan fingerprint density at radius 2 is 1.16 bits per heavy atom. The Labute approximate surface area is 490 Å². The van der Waals surface area contributed by atoms with Gasteiger partial charge in [-0.2, -0.15) is 5.26 Å². The summed E-state index contributed by atoms with van der Waals surface area (Å²) in [6, 6.07) is 71.7. The lowest BCUT2D eigenvalue weighted by atomic mass is 9.49. The number of hydrogen-bond acceptors (Lipinski definition) is 4. The zero-order chi connectivity index (χ0) is 57.3. The lowest BCUT2D eigenvalue weighted by Gasteiger charge is -2.34. The molecule has 7 aromatic carbocycles. The predicted molar refractivity (Wildman–Crippen MR) is 349 cm³/mol.